The molecule has 9 rings (SSSR count). The Labute approximate surface area is 287 Å². The second-order valence-corrected chi connectivity index (χ2v) is 12.3. The lowest BCUT2D eigenvalue weighted by molar-refractivity contribution is 1.18. The number of nitrogens with zero attached hydrogens (tertiary/aromatic N) is 5. The summed E-state index contributed by atoms with van der Waals surface area (Å²) < 4.78 is 4.48. The SMILES string of the molecule is N#Cc1ccc(-n2c3ccccc3c3cc(C#N)ccc32)c(-c2ccccc2-c2ccc(-n3c4ccccc4c4cc(C#N)ccc43)cc2)c1. The third-order valence-corrected chi connectivity index (χ3v) is 9.62. The Kier molecular flexibility index (Phi) is 6.56. The van der Waals surface area contributed by atoms with Gasteiger partial charge in [-0.1, -0.05) is 72.8 Å². The first-order valence-corrected chi connectivity index (χ1v) is 16.3. The molecular weight excluding hydrogens is 611 g/mol. The van der Waals surface area contributed by atoms with E-state index in [4.69, 9.17) is 0 Å². The summed E-state index contributed by atoms with van der Waals surface area (Å²) in [7, 11) is 0. The number of rotatable bonds is 4. The molecule has 9 aromatic rings. The molecule has 0 N–H and O–H groups in total. The van der Waals surface area contributed by atoms with Crippen molar-refractivity contribution in [1.29, 1.82) is 15.8 Å². The van der Waals surface area contributed by atoms with E-state index in [0.29, 0.717) is 16.7 Å². The predicted octanol–water partition coefficient (Wildman–Crippen LogP) is 10.8. The van der Waals surface area contributed by atoms with Crippen LogP contribution in [0, 0.1) is 34.0 Å². The van der Waals surface area contributed by atoms with Crippen LogP contribution in [0.4, 0.5) is 0 Å². The van der Waals surface area contributed by atoms with Crippen LogP contribution in [0.5, 0.6) is 0 Å². The van der Waals surface area contributed by atoms with Crippen molar-refractivity contribution in [3.05, 3.63) is 168 Å². The smallest absolute Gasteiger partial charge is 0.0991 e. The van der Waals surface area contributed by atoms with E-state index < -0.39 is 0 Å². The minimum Gasteiger partial charge on any atom is -0.309 e. The molecule has 0 aliphatic heterocycles. The van der Waals surface area contributed by atoms with Crippen LogP contribution in [0.1, 0.15) is 16.7 Å². The Morgan fingerprint density at radius 1 is 0.360 bits per heavy atom. The zero-order valence-electron chi connectivity index (χ0n) is 26.7. The standard InChI is InChI=1S/C45H25N5/c46-26-29-14-21-44(50-42-12-6-4-10-37(42)40-25-31(28-48)15-22-45(40)50)38(23-29)35-8-2-1-7-34(35)32-16-18-33(19-17-32)49-41-11-5-3-9-36(41)39-24-30(27-47)13-20-43(39)49/h1-25H. The molecule has 5 heteroatoms. The van der Waals surface area contributed by atoms with Crippen LogP contribution in [-0.2, 0) is 0 Å². The summed E-state index contributed by atoms with van der Waals surface area (Å²) in [6.45, 7) is 0. The summed E-state index contributed by atoms with van der Waals surface area (Å²) in [6, 6.07) is 57.9. The Hall–Kier alpha value is -7.39. The Balaban J connectivity index is 1.23. The zero-order valence-corrected chi connectivity index (χ0v) is 26.7. The highest BCUT2D eigenvalue weighted by molar-refractivity contribution is 6.11. The van der Waals surface area contributed by atoms with Gasteiger partial charge in [-0.25, -0.2) is 0 Å². The monoisotopic (exact) mass is 635 g/mol. The van der Waals surface area contributed by atoms with Crippen molar-refractivity contribution in [2.45, 2.75) is 0 Å². The van der Waals surface area contributed by atoms with Gasteiger partial charge in [0.05, 0.1) is 62.7 Å². The van der Waals surface area contributed by atoms with Crippen molar-refractivity contribution in [1.82, 2.24) is 9.13 Å². The highest BCUT2D eigenvalue weighted by Gasteiger charge is 2.19. The van der Waals surface area contributed by atoms with E-state index in [1.165, 1.54) is 0 Å². The van der Waals surface area contributed by atoms with E-state index in [0.717, 1.165) is 77.2 Å². The van der Waals surface area contributed by atoms with Gasteiger partial charge in [0, 0.05) is 32.8 Å². The van der Waals surface area contributed by atoms with Crippen LogP contribution < -0.4 is 0 Å². The van der Waals surface area contributed by atoms with Crippen LogP contribution in [0.2, 0.25) is 0 Å². The highest BCUT2D eigenvalue weighted by atomic mass is 15.0. The summed E-state index contributed by atoms with van der Waals surface area (Å²) in [6.07, 6.45) is 0. The molecule has 0 saturated carbocycles. The quantitative estimate of drug-likeness (QED) is 0.193. The number of fused-ring (bicyclic) bond motifs is 6. The predicted molar refractivity (Wildman–Crippen MR) is 200 cm³/mol. The molecule has 230 valence electrons. The Morgan fingerprint density at radius 2 is 0.840 bits per heavy atom. The summed E-state index contributed by atoms with van der Waals surface area (Å²) in [5.41, 5.74) is 12.0. The molecule has 50 heavy (non-hydrogen) atoms. The maximum absolute atomic E-state index is 10.0. The van der Waals surface area contributed by atoms with Gasteiger partial charge in [0.1, 0.15) is 0 Å². The van der Waals surface area contributed by atoms with Crippen molar-refractivity contribution in [2.75, 3.05) is 0 Å². The van der Waals surface area contributed by atoms with Gasteiger partial charge in [0.15, 0.2) is 0 Å². The van der Waals surface area contributed by atoms with E-state index in [1.54, 1.807) is 0 Å². The van der Waals surface area contributed by atoms with Crippen molar-refractivity contribution < 1.29 is 0 Å². The van der Waals surface area contributed by atoms with Gasteiger partial charge in [-0.3, -0.25) is 0 Å². The molecule has 5 nitrogen and oxygen atoms in total. The van der Waals surface area contributed by atoms with E-state index in [-0.39, 0.29) is 0 Å². The number of benzene rings is 7. The zero-order chi connectivity index (χ0) is 33.8. The summed E-state index contributed by atoms with van der Waals surface area (Å²) in [5, 5.41) is 33.5. The van der Waals surface area contributed by atoms with Crippen LogP contribution in [0.25, 0.3) is 77.2 Å². The summed E-state index contributed by atoms with van der Waals surface area (Å²) in [4.78, 5) is 0. The minimum atomic E-state index is 0.576. The number of hydrogen-bond donors (Lipinski definition) is 0. The van der Waals surface area contributed by atoms with E-state index in [2.05, 4.69) is 88.0 Å². The molecule has 0 radical (unpaired) electrons. The lowest BCUT2D eigenvalue weighted by atomic mass is 9.92. The highest BCUT2D eigenvalue weighted by Crippen LogP contribution is 2.41. The molecule has 2 aromatic heterocycles. The first-order valence-electron chi connectivity index (χ1n) is 16.3. The van der Waals surface area contributed by atoms with E-state index in [9.17, 15) is 15.8 Å². The molecule has 0 bridgehead atoms. The van der Waals surface area contributed by atoms with Crippen LogP contribution >= 0.6 is 0 Å². The topological polar surface area (TPSA) is 81.2 Å². The first-order chi connectivity index (χ1) is 24.7. The van der Waals surface area contributed by atoms with Gasteiger partial charge in [-0.15, -0.1) is 0 Å². The average Bonchev–Trinajstić information content (AvgIpc) is 3.69. The van der Waals surface area contributed by atoms with Crippen LogP contribution in [-0.4, -0.2) is 9.13 Å². The molecule has 0 amide bonds. The molecule has 0 spiro atoms. The third-order valence-electron chi connectivity index (χ3n) is 9.62. The molecule has 0 unspecified atom stereocenters. The fourth-order valence-electron chi connectivity index (χ4n) is 7.40. The molecule has 0 saturated heterocycles. The van der Waals surface area contributed by atoms with E-state index in [1.807, 2.05) is 91.0 Å². The lowest BCUT2D eigenvalue weighted by Gasteiger charge is -2.18. The lowest BCUT2D eigenvalue weighted by Crippen LogP contribution is -1.99. The molecule has 0 aliphatic rings. The number of para-hydroxylation sites is 2. The largest absolute Gasteiger partial charge is 0.309 e. The maximum Gasteiger partial charge on any atom is 0.0991 e. The van der Waals surface area contributed by atoms with Crippen molar-refractivity contribution in [3.63, 3.8) is 0 Å². The maximum atomic E-state index is 10.0. The first kappa shape index (κ1) is 28.8. The van der Waals surface area contributed by atoms with Gasteiger partial charge in [0.2, 0.25) is 0 Å². The minimum absolute atomic E-state index is 0.576. The summed E-state index contributed by atoms with van der Waals surface area (Å²) in [5.74, 6) is 0. The van der Waals surface area contributed by atoms with Crippen molar-refractivity contribution in [2.24, 2.45) is 0 Å². The molecule has 2 heterocycles. The average molecular weight is 636 g/mol. The van der Waals surface area contributed by atoms with E-state index >= 15 is 0 Å². The van der Waals surface area contributed by atoms with Crippen molar-refractivity contribution >= 4 is 43.6 Å². The third kappa shape index (κ3) is 4.38. The fourth-order valence-corrected chi connectivity index (χ4v) is 7.40. The normalized spacial score (nSPS) is 11.1. The van der Waals surface area contributed by atoms with Gasteiger partial charge < -0.3 is 9.13 Å². The number of aromatic nitrogens is 2. The van der Waals surface area contributed by atoms with Crippen molar-refractivity contribution in [3.8, 4) is 51.8 Å². The Morgan fingerprint density at radius 3 is 1.46 bits per heavy atom. The van der Waals surface area contributed by atoms with Crippen LogP contribution in [0.3, 0.4) is 0 Å². The second kappa shape index (κ2) is 11.4. The van der Waals surface area contributed by atoms with Gasteiger partial charge >= 0.3 is 0 Å². The molecule has 0 fully saturated rings. The van der Waals surface area contributed by atoms with Gasteiger partial charge in [-0.05, 0) is 95.6 Å². The number of hydrogen-bond acceptors (Lipinski definition) is 3. The van der Waals surface area contributed by atoms with Gasteiger partial charge in [0.25, 0.3) is 0 Å². The molecular formula is C45H25N5. The molecule has 0 aliphatic carbocycles. The van der Waals surface area contributed by atoms with Gasteiger partial charge in [-0.2, -0.15) is 15.8 Å². The summed E-state index contributed by atoms with van der Waals surface area (Å²) >= 11 is 0. The second-order valence-electron chi connectivity index (χ2n) is 12.3. The Bertz CT molecular complexity index is 2960. The molecule has 7 aromatic carbocycles. The number of nitriles is 3. The van der Waals surface area contributed by atoms with Crippen LogP contribution in [0.15, 0.2) is 152 Å². The molecule has 0 atom stereocenters. The fraction of sp³-hybridized carbons (Fsp3) is 0.